The predicted octanol–water partition coefficient (Wildman–Crippen LogP) is 2.99. The maximum atomic E-state index is 12.5. The molecule has 0 spiro atoms. The molecule has 0 aliphatic heterocycles. The Balaban J connectivity index is 1.26. The second-order valence-corrected chi connectivity index (χ2v) is 9.47. The van der Waals surface area contributed by atoms with Crippen LogP contribution in [0.1, 0.15) is 42.1 Å². The fourth-order valence-corrected chi connectivity index (χ4v) is 4.57. The van der Waals surface area contributed by atoms with Gasteiger partial charge in [-0.25, -0.2) is 4.79 Å². The van der Waals surface area contributed by atoms with Crippen LogP contribution in [0.25, 0.3) is 10.9 Å². The normalized spacial score (nSPS) is 13.4. The monoisotopic (exact) mass is 545 g/mol. The van der Waals surface area contributed by atoms with E-state index in [0.717, 1.165) is 0 Å². The largest absolute Gasteiger partial charge is 0.506 e. The lowest BCUT2D eigenvalue weighted by atomic mass is 9.86. The number of phenols is 1. The maximum absolute atomic E-state index is 12.5. The number of carboxylic acid groups (broad SMARTS) is 1. The van der Waals surface area contributed by atoms with Crippen LogP contribution in [0, 0.1) is 0 Å². The Labute approximate surface area is 229 Å². The molecule has 1 aromatic heterocycles. The van der Waals surface area contributed by atoms with Crippen LogP contribution in [0.5, 0.6) is 5.75 Å². The molecule has 0 saturated heterocycles. The summed E-state index contributed by atoms with van der Waals surface area (Å²) in [6, 6.07) is 20.1. The van der Waals surface area contributed by atoms with Gasteiger partial charge in [0.1, 0.15) is 5.75 Å². The Morgan fingerprint density at radius 2 is 1.68 bits per heavy atom. The highest BCUT2D eigenvalue weighted by Gasteiger charge is 2.40. The number of aromatic amines is 1. The number of H-pyrrole nitrogens is 1. The number of unbranched alkanes of at least 4 members (excludes halogenated alkanes) is 1. The molecule has 0 fully saturated rings. The fraction of sp³-hybridized carbons (Fsp3) is 0.233. The number of hydrogen-bond donors (Lipinski definition) is 7. The average Bonchev–Trinajstić information content (AvgIpc) is 2.95. The standard InChI is InChI=1S/C30H31N3O7/c34-24-14-12-22(23-13-15-27(37)33-28(23)24)25(35)18-31-16-5-4-11-26(36)32-21-10-6-9-20(17-21)30(40,29(38)39)19-7-2-1-3-8-19/h1-3,6-10,12-15,17,25,31,34-35,40H,4-5,11,16,18H2,(H,32,36)(H,33,37)(H,38,39). The molecular weight excluding hydrogens is 514 g/mol. The summed E-state index contributed by atoms with van der Waals surface area (Å²) in [5.41, 5.74) is -1.06. The van der Waals surface area contributed by atoms with E-state index in [0.29, 0.717) is 36.0 Å². The lowest BCUT2D eigenvalue weighted by molar-refractivity contribution is -0.155. The van der Waals surface area contributed by atoms with E-state index in [1.165, 1.54) is 36.4 Å². The number of aromatic nitrogens is 1. The maximum Gasteiger partial charge on any atom is 0.345 e. The van der Waals surface area contributed by atoms with Crippen molar-refractivity contribution in [2.75, 3.05) is 18.4 Å². The van der Waals surface area contributed by atoms with E-state index in [-0.39, 0.29) is 46.8 Å². The third kappa shape index (κ3) is 6.37. The van der Waals surface area contributed by atoms with Gasteiger partial charge >= 0.3 is 5.97 Å². The van der Waals surface area contributed by atoms with Crippen molar-refractivity contribution in [2.24, 2.45) is 0 Å². The SMILES string of the molecule is O=C(CCCCNCC(O)c1ccc(O)c2[nH]c(=O)ccc12)Nc1cccc(C(O)(C(=O)O)c2ccccc2)c1. The van der Waals surface area contributed by atoms with Crippen molar-refractivity contribution in [3.63, 3.8) is 0 Å². The van der Waals surface area contributed by atoms with Gasteiger partial charge in [0.15, 0.2) is 0 Å². The molecular formula is C30H31N3O7. The van der Waals surface area contributed by atoms with Crippen molar-refractivity contribution in [3.8, 4) is 5.75 Å². The van der Waals surface area contributed by atoms with Crippen molar-refractivity contribution < 1.29 is 30.0 Å². The molecule has 2 unspecified atom stereocenters. The Kier molecular flexibility index (Phi) is 8.95. The van der Waals surface area contributed by atoms with E-state index >= 15 is 0 Å². The summed E-state index contributed by atoms with van der Waals surface area (Å²) in [5, 5.41) is 47.9. The lowest BCUT2D eigenvalue weighted by Gasteiger charge is -2.25. The van der Waals surface area contributed by atoms with E-state index in [1.807, 2.05) is 0 Å². The highest BCUT2D eigenvalue weighted by molar-refractivity contribution is 5.91. The van der Waals surface area contributed by atoms with E-state index in [1.54, 1.807) is 42.5 Å². The number of phenolic OH excluding ortho intramolecular Hbond substituents is 1. The summed E-state index contributed by atoms with van der Waals surface area (Å²) in [4.78, 5) is 38.6. The molecule has 0 aliphatic rings. The Hall–Kier alpha value is -4.51. The van der Waals surface area contributed by atoms with E-state index in [2.05, 4.69) is 15.6 Å². The molecule has 0 saturated carbocycles. The van der Waals surface area contributed by atoms with Crippen molar-refractivity contribution in [3.05, 3.63) is 106 Å². The molecule has 0 aliphatic carbocycles. The minimum atomic E-state index is -2.26. The molecule has 4 aromatic rings. The topological polar surface area (TPSA) is 172 Å². The number of fused-ring (bicyclic) bond motifs is 1. The number of carbonyl (C=O) groups is 2. The summed E-state index contributed by atoms with van der Waals surface area (Å²) in [7, 11) is 0. The van der Waals surface area contributed by atoms with Gasteiger partial charge in [0.05, 0.1) is 11.6 Å². The van der Waals surface area contributed by atoms with Gasteiger partial charge in [-0.3, -0.25) is 9.59 Å². The molecule has 7 N–H and O–H groups in total. The van der Waals surface area contributed by atoms with E-state index in [4.69, 9.17) is 0 Å². The Morgan fingerprint density at radius 1 is 0.925 bits per heavy atom. The van der Waals surface area contributed by atoms with Crippen molar-refractivity contribution in [1.29, 1.82) is 0 Å². The van der Waals surface area contributed by atoms with Gasteiger partial charge in [-0.2, -0.15) is 0 Å². The number of anilines is 1. The first kappa shape index (κ1) is 28.5. The molecule has 1 heterocycles. The van der Waals surface area contributed by atoms with Crippen LogP contribution in [0.3, 0.4) is 0 Å². The van der Waals surface area contributed by atoms with Crippen LogP contribution < -0.4 is 16.2 Å². The van der Waals surface area contributed by atoms with Crippen molar-refractivity contribution >= 4 is 28.5 Å². The Bertz CT molecular complexity index is 1550. The molecule has 40 heavy (non-hydrogen) atoms. The van der Waals surface area contributed by atoms with Gasteiger partial charge < -0.3 is 36.0 Å². The molecule has 0 radical (unpaired) electrons. The van der Waals surface area contributed by atoms with Crippen LogP contribution in [-0.4, -0.2) is 50.4 Å². The zero-order valence-corrected chi connectivity index (χ0v) is 21.6. The number of carbonyl (C=O) groups excluding carboxylic acids is 1. The molecule has 1 amide bonds. The zero-order valence-electron chi connectivity index (χ0n) is 21.6. The number of aliphatic carboxylic acids is 1. The smallest absolute Gasteiger partial charge is 0.345 e. The summed E-state index contributed by atoms with van der Waals surface area (Å²) < 4.78 is 0. The second-order valence-electron chi connectivity index (χ2n) is 9.47. The quantitative estimate of drug-likeness (QED) is 0.133. The number of rotatable bonds is 12. The highest BCUT2D eigenvalue weighted by atomic mass is 16.4. The molecule has 10 heteroatoms. The minimum Gasteiger partial charge on any atom is -0.506 e. The number of benzene rings is 3. The first-order valence-corrected chi connectivity index (χ1v) is 12.9. The van der Waals surface area contributed by atoms with E-state index in [9.17, 15) is 34.8 Å². The molecule has 10 nitrogen and oxygen atoms in total. The summed E-state index contributed by atoms with van der Waals surface area (Å²) in [6.07, 6.45) is 0.592. The van der Waals surface area contributed by atoms with Crippen LogP contribution in [0.15, 0.2) is 83.7 Å². The third-order valence-corrected chi connectivity index (χ3v) is 6.68. The molecule has 3 aromatic carbocycles. The molecule has 0 bridgehead atoms. The first-order valence-electron chi connectivity index (χ1n) is 12.9. The molecule has 2 atom stereocenters. The van der Waals surface area contributed by atoms with Crippen LogP contribution in [0.4, 0.5) is 5.69 Å². The van der Waals surface area contributed by atoms with Crippen molar-refractivity contribution in [2.45, 2.75) is 31.0 Å². The number of amides is 1. The molecule has 208 valence electrons. The van der Waals surface area contributed by atoms with Crippen LogP contribution >= 0.6 is 0 Å². The van der Waals surface area contributed by atoms with Gasteiger partial charge in [-0.15, -0.1) is 0 Å². The number of hydrogen-bond acceptors (Lipinski definition) is 7. The van der Waals surface area contributed by atoms with Gasteiger partial charge in [0.2, 0.25) is 17.1 Å². The van der Waals surface area contributed by atoms with Gasteiger partial charge in [-0.1, -0.05) is 48.5 Å². The average molecular weight is 546 g/mol. The fourth-order valence-electron chi connectivity index (χ4n) is 4.57. The number of pyridine rings is 1. The van der Waals surface area contributed by atoms with E-state index < -0.39 is 17.7 Å². The minimum absolute atomic E-state index is 0.0737. The van der Waals surface area contributed by atoms with Crippen molar-refractivity contribution in [1.82, 2.24) is 10.3 Å². The third-order valence-electron chi connectivity index (χ3n) is 6.68. The number of carboxylic acids is 1. The number of nitrogens with one attached hydrogen (secondary N) is 3. The van der Waals surface area contributed by atoms with Gasteiger partial charge in [-0.05, 0) is 54.8 Å². The second kappa shape index (κ2) is 12.6. The predicted molar refractivity (Wildman–Crippen MR) is 150 cm³/mol. The summed E-state index contributed by atoms with van der Waals surface area (Å²) >= 11 is 0. The van der Waals surface area contributed by atoms with Gasteiger partial charge in [0, 0.05) is 35.7 Å². The number of aromatic hydroxyl groups is 1. The van der Waals surface area contributed by atoms with Crippen LogP contribution in [-0.2, 0) is 15.2 Å². The summed E-state index contributed by atoms with van der Waals surface area (Å²) in [6.45, 7) is 0.793. The summed E-state index contributed by atoms with van der Waals surface area (Å²) in [5.74, 6) is -1.75. The number of aliphatic hydroxyl groups excluding tert-OH is 1. The molecule has 4 rings (SSSR count). The van der Waals surface area contributed by atoms with Crippen LogP contribution in [0.2, 0.25) is 0 Å². The zero-order chi connectivity index (χ0) is 28.7. The first-order chi connectivity index (χ1) is 19.2. The lowest BCUT2D eigenvalue weighted by Crippen LogP contribution is -2.36. The Morgan fingerprint density at radius 3 is 2.42 bits per heavy atom. The van der Waals surface area contributed by atoms with Gasteiger partial charge in [0.25, 0.3) is 0 Å². The highest BCUT2D eigenvalue weighted by Crippen LogP contribution is 2.32. The number of aliphatic hydroxyl groups is 2.